The zero-order valence-corrected chi connectivity index (χ0v) is 79.5. The minimum Gasteiger partial charge on any atom is -0.508 e. The summed E-state index contributed by atoms with van der Waals surface area (Å²) in [5.41, 5.74) is 8.44. The molecule has 0 spiro atoms. The highest BCUT2D eigenvalue weighted by Crippen LogP contribution is 2.41. The topological polar surface area (TPSA) is 629 Å². The van der Waals surface area contributed by atoms with Gasteiger partial charge in [-0.3, -0.25) is 67.1 Å². The van der Waals surface area contributed by atoms with Gasteiger partial charge in [-0.25, -0.2) is 24.0 Å². The Balaban J connectivity index is 0.808. The van der Waals surface area contributed by atoms with Crippen molar-refractivity contribution in [3.05, 3.63) is 160 Å². The average molecular weight is 2030 g/mol. The zero-order chi connectivity index (χ0) is 99.1. The van der Waals surface area contributed by atoms with Gasteiger partial charge in [0, 0.05) is 91.7 Å². The Morgan fingerprint density at radius 2 is 1.07 bits per heavy atom. The molecule has 0 unspecified atom stereocenters. The number of carboxylic acid groups (broad SMARTS) is 2. The molecule has 1 saturated heterocycles. The molecule has 15 amide bonds. The summed E-state index contributed by atoms with van der Waals surface area (Å²) in [5.74, 6) is -16.3. The molecule has 0 bridgehead atoms. The number of fused-ring (bicyclic) bond motifs is 2. The standard InChI is InChI=1S/C92H114IN19O22S2/c1-7-49(6)79(89(129)103-62(80(94)120)29-47(2)3)111-86(126)67(36-54-41-96-46-100-54)106-87(127)69(43-135)109-81(121)63(30-48(4)5)104-85(125)68(39-77(118)119)107-83(123)65(33-51-19-26-72(115)61(93)31-51)108-88(128)71-17-14-28-112(71)90(130)70(44-136)110-84(124)66(35-53-40-95-45-99-53)105-82(122)64(32-50-15-10-8-11-16-50)102-76(117)42-98-75(116)18-12-9-13-27-97-92(133)101-52-20-23-57(60(34-52)91(131)132)78-58-24-21-55(113)37-73(58)134-74-38-56(114)22-25-59(74)78/h8,10-11,15-16,19-26,31,34,37-38,40-41,45-49,62-71,79H,7,9,12-14,17-18,27-30,32-33,35-36,39,42-44H2,1-6H3,(H23-,94,95,96,97,98,99,100,101,102,103,104,105,106,107,108,109,110,111,113,114,115,116,117,118,119,120,121,122,123,124,125,126,127,128,129,131,132,133,135,136)/p+1/t49-,62-,63-,64-,65-,66-,67-,68-,69-,70-,71-,79-/m0/s1. The van der Waals surface area contributed by atoms with Crippen molar-refractivity contribution in [1.82, 2.24) is 88.6 Å². The van der Waals surface area contributed by atoms with Crippen molar-refractivity contribution in [2.75, 3.05) is 36.5 Å². The van der Waals surface area contributed by atoms with Crippen molar-refractivity contribution in [2.24, 2.45) is 23.5 Å². The number of hydrogen-bond donors (Lipinski definition) is 23. The van der Waals surface area contributed by atoms with E-state index < -0.39 is 186 Å². The molecular weight excluding hydrogens is 1910 g/mol. The number of amides is 15. The molecule has 136 heavy (non-hydrogen) atoms. The van der Waals surface area contributed by atoms with Crippen LogP contribution in [0.25, 0.3) is 33.1 Å². The number of unbranched alkanes of at least 4 members (excludes halogenated alkanes) is 2. The number of carbonyl (C=O) groups excluding carboxylic acids is 14. The van der Waals surface area contributed by atoms with E-state index in [4.69, 9.17) is 10.2 Å². The van der Waals surface area contributed by atoms with Crippen molar-refractivity contribution in [3.63, 3.8) is 0 Å². The number of anilines is 1. The molecule has 8 aromatic rings. The number of thiol groups is 2. The van der Waals surface area contributed by atoms with Gasteiger partial charge in [0.25, 0.3) is 0 Å². The van der Waals surface area contributed by atoms with E-state index in [-0.39, 0.29) is 134 Å². The highest BCUT2D eigenvalue weighted by Gasteiger charge is 2.42. The molecule has 41 nitrogen and oxygen atoms in total. The molecule has 1 aliphatic heterocycles. The zero-order valence-electron chi connectivity index (χ0n) is 75.5. The number of phenols is 3. The lowest BCUT2D eigenvalue weighted by atomic mass is 9.93. The van der Waals surface area contributed by atoms with E-state index in [2.05, 4.69) is 114 Å². The van der Waals surface area contributed by atoms with Gasteiger partial charge >= 0.3 is 29.1 Å². The largest absolute Gasteiger partial charge is 0.508 e. The number of likely N-dealkylation sites (tertiary alicyclic amines) is 1. The Labute approximate surface area is 806 Å². The van der Waals surface area contributed by atoms with Gasteiger partial charge in [0.1, 0.15) is 83.7 Å². The molecule has 3 aromatic heterocycles. The van der Waals surface area contributed by atoms with Crippen LogP contribution in [0.15, 0.2) is 133 Å². The van der Waals surface area contributed by atoms with Gasteiger partial charge in [-0.15, -0.1) is 0 Å². The van der Waals surface area contributed by atoms with Gasteiger partial charge in [0.2, 0.25) is 76.8 Å². The molecule has 5 aromatic carbocycles. The van der Waals surface area contributed by atoms with Crippen LogP contribution in [0.2, 0.25) is 0 Å². The number of aromatic carboxylic acids is 1. The Morgan fingerprint density at radius 3 is 1.63 bits per heavy atom. The van der Waals surface area contributed by atoms with E-state index in [1.807, 2.05) is 36.4 Å². The highest BCUT2D eigenvalue weighted by molar-refractivity contribution is 14.1. The van der Waals surface area contributed by atoms with Crippen molar-refractivity contribution < 1.29 is 107 Å². The monoisotopic (exact) mass is 2030 g/mol. The van der Waals surface area contributed by atoms with Crippen molar-refractivity contribution in [1.29, 1.82) is 0 Å². The SMILES string of the molecule is CC[C@H](C)[C@H](NC(=O)[C@H](Cc1cnc[nH]1)NC(=O)[C@H](CS)NC(=O)[C@H](CC(C)C)NC(=O)[C@H](CC(=O)O)NC(=O)[C@H](Cc1ccc(O)c(I)c1)NC(=O)[C@@H]1CCCN1C(=O)[C@H](CS)NC(=O)[C@H](Cc1cnc[nH]1)NC(=O)[C@H](Cc1ccccc1)NC(=O)CNC(=O)CCCCCNC(=O)Nc1ccc(-c2c3ccc(O)cc3[o+]c3cc(O)ccc23)c(C(=O)O)c1)C(=O)N[C@@H](CC(C)C)C(N)=O. The molecule has 44 heteroatoms. The summed E-state index contributed by atoms with van der Waals surface area (Å²) in [5, 5.41) is 86.5. The first kappa shape index (κ1) is 106. The maximum atomic E-state index is 14.9. The fourth-order valence-electron chi connectivity index (χ4n) is 15.3. The molecule has 728 valence electrons. The average Bonchev–Trinajstić information content (AvgIpc) is 1.28. The predicted molar refractivity (Wildman–Crippen MR) is 513 cm³/mol. The number of nitrogens with two attached hydrogens (primary N) is 1. The van der Waals surface area contributed by atoms with E-state index in [1.54, 1.807) is 70.2 Å². The number of urea groups is 1. The van der Waals surface area contributed by atoms with Crippen LogP contribution in [0.4, 0.5) is 10.5 Å². The summed E-state index contributed by atoms with van der Waals surface area (Å²) in [7, 11) is 0. The van der Waals surface area contributed by atoms with Crippen LogP contribution < -0.4 is 74.9 Å². The second-order valence-electron chi connectivity index (χ2n) is 33.9. The Morgan fingerprint density at radius 1 is 0.544 bits per heavy atom. The van der Waals surface area contributed by atoms with E-state index >= 15 is 0 Å². The van der Waals surface area contributed by atoms with Crippen LogP contribution in [0.3, 0.4) is 0 Å². The summed E-state index contributed by atoms with van der Waals surface area (Å²) in [6, 6.07) is 9.08. The number of halogens is 1. The number of carboxylic acids is 2. The van der Waals surface area contributed by atoms with Crippen LogP contribution in [-0.4, -0.2) is 243 Å². The number of aromatic hydroxyl groups is 3. The molecule has 0 radical (unpaired) electrons. The number of hydrogen-bond acceptors (Lipinski definition) is 23. The molecule has 22 N–H and O–H groups in total. The molecule has 1 fully saturated rings. The summed E-state index contributed by atoms with van der Waals surface area (Å²) in [6.45, 7) is 10.1. The van der Waals surface area contributed by atoms with Crippen LogP contribution >= 0.6 is 47.8 Å². The minimum atomic E-state index is -1.97. The number of aromatic nitrogens is 4. The van der Waals surface area contributed by atoms with E-state index in [0.29, 0.717) is 68.1 Å². The van der Waals surface area contributed by atoms with Crippen molar-refractivity contribution in [2.45, 2.75) is 198 Å². The normalized spacial score (nSPS) is 14.8. The van der Waals surface area contributed by atoms with Crippen LogP contribution in [0, 0.1) is 21.3 Å². The lowest BCUT2D eigenvalue weighted by Crippen LogP contribution is -2.62. The van der Waals surface area contributed by atoms with Crippen molar-refractivity contribution >= 4 is 170 Å². The second kappa shape index (κ2) is 51.2. The van der Waals surface area contributed by atoms with Crippen LogP contribution in [0.5, 0.6) is 17.2 Å². The number of aliphatic carboxylic acids is 1. The molecule has 12 atom stereocenters. The number of benzene rings is 5. The van der Waals surface area contributed by atoms with Gasteiger partial charge in [-0.2, -0.15) is 25.3 Å². The number of aromatic amines is 2. The number of phenolic OH excluding ortho intramolecular Hbond substituents is 3. The predicted octanol–water partition coefficient (Wildman–Crippen LogP) is 3.97. The number of primary amides is 1. The molecule has 1 aliphatic rings. The number of rotatable bonds is 50. The third-order valence-corrected chi connectivity index (χ3v) is 24.1. The van der Waals surface area contributed by atoms with Gasteiger partial charge in [-0.1, -0.05) is 96.8 Å². The second-order valence-corrected chi connectivity index (χ2v) is 35.8. The molecular formula is C92H115IN19O22S2+. The number of carbonyl (C=O) groups is 16. The minimum absolute atomic E-state index is 0.00496. The summed E-state index contributed by atoms with van der Waals surface area (Å²) >= 11 is 10.6. The first-order valence-corrected chi connectivity index (χ1v) is 46.6. The first-order valence-electron chi connectivity index (χ1n) is 44.2. The number of H-pyrrole nitrogens is 2. The maximum Gasteiger partial charge on any atom is 0.365 e. The number of nitrogens with zero attached hydrogens (tertiary/aromatic N) is 3. The Bertz CT molecular complexity index is 5560. The Kier molecular flexibility index (Phi) is 39.9. The van der Waals surface area contributed by atoms with Crippen LogP contribution in [-0.2, 0) is 92.8 Å². The fraction of sp³-hybridized carbons (Fsp3) is 0.424. The molecule has 0 aliphatic carbocycles. The smallest absolute Gasteiger partial charge is 0.365 e. The van der Waals surface area contributed by atoms with E-state index in [0.717, 1.165) is 4.90 Å². The number of imidazole rings is 2. The molecule has 4 heterocycles. The quantitative estimate of drug-likeness (QED) is 0.00843. The number of nitrogens with one attached hydrogen (secondary N) is 15. The first-order chi connectivity index (χ1) is 64.8. The Hall–Kier alpha value is -13.7. The van der Waals surface area contributed by atoms with Gasteiger partial charge in [0.15, 0.2) is 0 Å². The lowest BCUT2D eigenvalue weighted by molar-refractivity contribution is -0.142. The summed E-state index contributed by atoms with van der Waals surface area (Å²) in [6.07, 6.45) is 5.27. The lowest BCUT2D eigenvalue weighted by Gasteiger charge is -2.31. The van der Waals surface area contributed by atoms with Gasteiger partial charge in [0.05, 0.1) is 57.7 Å². The van der Waals surface area contributed by atoms with Crippen LogP contribution in [0.1, 0.15) is 139 Å². The molecule has 9 rings (SSSR count). The van der Waals surface area contributed by atoms with E-state index in [9.17, 15) is 102 Å². The summed E-state index contributed by atoms with van der Waals surface area (Å²) in [4.78, 5) is 238. The molecule has 0 saturated carbocycles. The third-order valence-electron chi connectivity index (χ3n) is 22.5. The van der Waals surface area contributed by atoms with Gasteiger partial charge < -0.3 is 115 Å². The fourth-order valence-corrected chi connectivity index (χ4v) is 16.4. The van der Waals surface area contributed by atoms with E-state index in [1.165, 1.54) is 85.7 Å². The van der Waals surface area contributed by atoms with Crippen molar-refractivity contribution in [3.8, 4) is 28.4 Å². The highest BCUT2D eigenvalue weighted by atomic mass is 127. The third kappa shape index (κ3) is 31.2. The van der Waals surface area contributed by atoms with Gasteiger partial charge in [-0.05, 0) is 144 Å². The summed E-state index contributed by atoms with van der Waals surface area (Å²) < 4.78 is 6.27. The maximum absolute atomic E-state index is 14.9.